The summed E-state index contributed by atoms with van der Waals surface area (Å²) < 4.78 is 5.85. The Balaban J connectivity index is 1.58. The molecule has 150 valence electrons. The SMILES string of the molecule is Cc1ccc(NC(=O)[C@@H](Sc2nnc(-c3cccc(C)c3)o2)c2ccccc2)cc1. The molecule has 4 aromatic rings. The predicted molar refractivity (Wildman–Crippen MR) is 119 cm³/mol. The monoisotopic (exact) mass is 415 g/mol. The van der Waals surface area contributed by atoms with Gasteiger partial charge >= 0.3 is 0 Å². The summed E-state index contributed by atoms with van der Waals surface area (Å²) in [6.45, 7) is 4.02. The summed E-state index contributed by atoms with van der Waals surface area (Å²) in [5, 5.41) is 11.1. The van der Waals surface area contributed by atoms with Gasteiger partial charge in [0.2, 0.25) is 11.8 Å². The fourth-order valence-corrected chi connectivity index (χ4v) is 3.87. The van der Waals surface area contributed by atoms with Gasteiger partial charge in [0.15, 0.2) is 0 Å². The van der Waals surface area contributed by atoms with E-state index < -0.39 is 5.25 Å². The average Bonchev–Trinajstić information content (AvgIpc) is 3.23. The first-order valence-corrected chi connectivity index (χ1v) is 10.5. The minimum absolute atomic E-state index is 0.148. The highest BCUT2D eigenvalue weighted by Crippen LogP contribution is 2.36. The van der Waals surface area contributed by atoms with Crippen LogP contribution in [0.5, 0.6) is 0 Å². The van der Waals surface area contributed by atoms with E-state index in [0.29, 0.717) is 11.1 Å². The van der Waals surface area contributed by atoms with Crippen LogP contribution in [0, 0.1) is 13.8 Å². The molecule has 0 radical (unpaired) electrons. The van der Waals surface area contributed by atoms with Crippen molar-refractivity contribution < 1.29 is 9.21 Å². The van der Waals surface area contributed by atoms with Gasteiger partial charge in [-0.2, -0.15) is 0 Å². The molecule has 0 aliphatic carbocycles. The highest BCUT2D eigenvalue weighted by atomic mass is 32.2. The lowest BCUT2D eigenvalue weighted by molar-refractivity contribution is -0.115. The number of nitrogens with zero attached hydrogens (tertiary/aromatic N) is 2. The summed E-state index contributed by atoms with van der Waals surface area (Å²) in [6.07, 6.45) is 0. The van der Waals surface area contributed by atoms with Crippen molar-refractivity contribution in [3.8, 4) is 11.5 Å². The summed E-state index contributed by atoms with van der Waals surface area (Å²) in [4.78, 5) is 13.1. The molecule has 3 aromatic carbocycles. The van der Waals surface area contributed by atoms with Crippen LogP contribution < -0.4 is 5.32 Å². The molecule has 5 nitrogen and oxygen atoms in total. The van der Waals surface area contributed by atoms with Gasteiger partial charge in [0.1, 0.15) is 5.25 Å². The molecule has 1 aromatic heterocycles. The number of amides is 1. The Hall–Kier alpha value is -3.38. The summed E-state index contributed by atoms with van der Waals surface area (Å²) >= 11 is 1.24. The topological polar surface area (TPSA) is 68.0 Å². The molecule has 0 bridgehead atoms. The van der Waals surface area contributed by atoms with Crippen molar-refractivity contribution in [2.75, 3.05) is 5.32 Å². The molecular weight excluding hydrogens is 394 g/mol. The maximum Gasteiger partial charge on any atom is 0.277 e. The smallest absolute Gasteiger partial charge is 0.277 e. The molecule has 0 saturated heterocycles. The molecule has 0 spiro atoms. The van der Waals surface area contributed by atoms with Crippen LogP contribution in [0.4, 0.5) is 5.69 Å². The average molecular weight is 416 g/mol. The number of thioether (sulfide) groups is 1. The van der Waals surface area contributed by atoms with Crippen LogP contribution in [-0.4, -0.2) is 16.1 Å². The minimum Gasteiger partial charge on any atom is -0.411 e. The first kappa shape index (κ1) is 19.9. The molecule has 1 amide bonds. The van der Waals surface area contributed by atoms with Gasteiger partial charge in [-0.3, -0.25) is 4.79 Å². The third kappa shape index (κ3) is 4.78. The van der Waals surface area contributed by atoms with Crippen LogP contribution in [0.2, 0.25) is 0 Å². The van der Waals surface area contributed by atoms with E-state index in [1.165, 1.54) is 11.8 Å². The Labute approximate surface area is 179 Å². The number of anilines is 1. The van der Waals surface area contributed by atoms with Crippen LogP contribution in [0.3, 0.4) is 0 Å². The molecule has 1 N–H and O–H groups in total. The largest absolute Gasteiger partial charge is 0.411 e. The van der Waals surface area contributed by atoms with Gasteiger partial charge in [-0.05, 0) is 55.4 Å². The maximum atomic E-state index is 13.1. The zero-order valence-corrected chi connectivity index (χ0v) is 17.5. The minimum atomic E-state index is -0.529. The third-order valence-corrected chi connectivity index (χ3v) is 5.64. The number of aryl methyl sites for hydroxylation is 2. The Morgan fingerprint density at radius 1 is 0.900 bits per heavy atom. The maximum absolute atomic E-state index is 13.1. The number of rotatable bonds is 6. The fourth-order valence-electron chi connectivity index (χ4n) is 3.00. The van der Waals surface area contributed by atoms with Crippen LogP contribution in [-0.2, 0) is 4.79 Å². The summed E-state index contributed by atoms with van der Waals surface area (Å²) in [6, 6.07) is 25.2. The van der Waals surface area contributed by atoms with Crippen LogP contribution in [0.15, 0.2) is 88.5 Å². The molecule has 0 saturated carbocycles. The van der Waals surface area contributed by atoms with Crippen molar-refractivity contribution in [2.24, 2.45) is 0 Å². The van der Waals surface area contributed by atoms with E-state index in [2.05, 4.69) is 15.5 Å². The van der Waals surface area contributed by atoms with E-state index in [-0.39, 0.29) is 5.91 Å². The molecular formula is C24H21N3O2S. The van der Waals surface area contributed by atoms with Crippen LogP contribution in [0.25, 0.3) is 11.5 Å². The van der Waals surface area contributed by atoms with E-state index in [0.717, 1.165) is 27.9 Å². The van der Waals surface area contributed by atoms with Gasteiger partial charge in [0.25, 0.3) is 5.22 Å². The lowest BCUT2D eigenvalue weighted by atomic mass is 10.1. The van der Waals surface area contributed by atoms with Crippen molar-refractivity contribution in [3.05, 3.63) is 95.6 Å². The molecule has 6 heteroatoms. The number of aromatic nitrogens is 2. The van der Waals surface area contributed by atoms with Crippen molar-refractivity contribution in [1.29, 1.82) is 0 Å². The quantitative estimate of drug-likeness (QED) is 0.402. The normalized spacial score (nSPS) is 11.8. The lowest BCUT2D eigenvalue weighted by Gasteiger charge is -2.15. The van der Waals surface area contributed by atoms with Gasteiger partial charge < -0.3 is 9.73 Å². The summed E-state index contributed by atoms with van der Waals surface area (Å²) in [5.74, 6) is 0.289. The second-order valence-electron chi connectivity index (χ2n) is 7.01. The number of carbonyl (C=O) groups is 1. The van der Waals surface area contributed by atoms with Crippen molar-refractivity contribution in [2.45, 2.75) is 24.3 Å². The molecule has 1 atom stereocenters. The van der Waals surface area contributed by atoms with Gasteiger partial charge in [-0.25, -0.2) is 0 Å². The number of carbonyl (C=O) groups excluding carboxylic acids is 1. The second-order valence-corrected chi connectivity index (χ2v) is 8.06. The fraction of sp³-hybridized carbons (Fsp3) is 0.125. The summed E-state index contributed by atoms with van der Waals surface area (Å²) in [5.41, 5.74) is 4.71. The van der Waals surface area contributed by atoms with Gasteiger partial charge in [0, 0.05) is 11.3 Å². The second kappa shape index (κ2) is 8.97. The number of hydrogen-bond donors (Lipinski definition) is 1. The highest BCUT2D eigenvalue weighted by molar-refractivity contribution is 8.00. The third-order valence-electron chi connectivity index (χ3n) is 4.55. The molecule has 30 heavy (non-hydrogen) atoms. The molecule has 4 rings (SSSR count). The van der Waals surface area contributed by atoms with E-state index in [1.54, 1.807) is 0 Å². The molecule has 0 aliphatic heterocycles. The van der Waals surface area contributed by atoms with Crippen molar-refractivity contribution in [3.63, 3.8) is 0 Å². The van der Waals surface area contributed by atoms with Gasteiger partial charge in [0.05, 0.1) is 0 Å². The Kier molecular flexibility index (Phi) is 5.95. The van der Waals surface area contributed by atoms with Gasteiger partial charge in [-0.15, -0.1) is 10.2 Å². The first-order chi connectivity index (χ1) is 14.6. The molecule has 1 heterocycles. The van der Waals surface area contributed by atoms with Crippen molar-refractivity contribution in [1.82, 2.24) is 10.2 Å². The van der Waals surface area contributed by atoms with E-state index in [4.69, 9.17) is 4.42 Å². The summed E-state index contributed by atoms with van der Waals surface area (Å²) in [7, 11) is 0. The first-order valence-electron chi connectivity index (χ1n) is 9.58. The van der Waals surface area contributed by atoms with Crippen LogP contribution >= 0.6 is 11.8 Å². The zero-order chi connectivity index (χ0) is 20.9. The van der Waals surface area contributed by atoms with E-state index in [9.17, 15) is 4.79 Å². The predicted octanol–water partition coefficient (Wildman–Crippen LogP) is 5.83. The van der Waals surface area contributed by atoms with Crippen molar-refractivity contribution >= 4 is 23.4 Å². The molecule has 0 unspecified atom stereocenters. The molecule has 0 fully saturated rings. The standard InChI is InChI=1S/C24H21N3O2S/c1-16-11-13-20(14-12-16)25-22(28)21(18-8-4-3-5-9-18)30-24-27-26-23(29-24)19-10-6-7-17(2)15-19/h3-15,21H,1-2H3,(H,25,28)/t21-/m0/s1. The number of hydrogen-bond acceptors (Lipinski definition) is 5. The van der Waals surface area contributed by atoms with E-state index in [1.807, 2.05) is 92.7 Å². The van der Waals surface area contributed by atoms with Crippen LogP contribution in [0.1, 0.15) is 21.9 Å². The number of benzene rings is 3. The number of nitrogens with one attached hydrogen (secondary N) is 1. The Bertz CT molecular complexity index is 1140. The Morgan fingerprint density at radius 3 is 2.40 bits per heavy atom. The zero-order valence-electron chi connectivity index (χ0n) is 16.7. The lowest BCUT2D eigenvalue weighted by Crippen LogP contribution is -2.19. The Morgan fingerprint density at radius 2 is 1.67 bits per heavy atom. The highest BCUT2D eigenvalue weighted by Gasteiger charge is 2.25. The molecule has 0 aliphatic rings. The van der Waals surface area contributed by atoms with E-state index >= 15 is 0 Å². The van der Waals surface area contributed by atoms with Gasteiger partial charge in [-0.1, -0.05) is 65.7 Å².